The Hall–Kier alpha value is -2.24. The number of rotatable bonds is 5. The Morgan fingerprint density at radius 1 is 1.12 bits per heavy atom. The Morgan fingerprint density at radius 3 is 2.42 bits per heavy atom. The third-order valence-corrected chi connectivity index (χ3v) is 3.63. The van der Waals surface area contributed by atoms with E-state index in [1.165, 1.54) is 30.1 Å². The first kappa shape index (κ1) is 18.1. The first-order valence-electron chi connectivity index (χ1n) is 7.04. The van der Waals surface area contributed by atoms with Gasteiger partial charge in [0.2, 0.25) is 5.91 Å². The average molecular weight is 367 g/mol. The summed E-state index contributed by atoms with van der Waals surface area (Å²) in [6.07, 6.45) is 0. The van der Waals surface area contributed by atoms with Crippen LogP contribution in [0.25, 0.3) is 0 Å². The molecule has 2 aromatic rings. The minimum absolute atomic E-state index is 0.111. The Morgan fingerprint density at radius 2 is 1.79 bits per heavy atom. The van der Waals surface area contributed by atoms with Gasteiger partial charge in [-0.15, -0.1) is 0 Å². The summed E-state index contributed by atoms with van der Waals surface area (Å²) in [4.78, 5) is 25.7. The van der Waals surface area contributed by atoms with Gasteiger partial charge >= 0.3 is 0 Å². The highest BCUT2D eigenvalue weighted by molar-refractivity contribution is 6.35. The molecule has 126 valence electrons. The highest BCUT2D eigenvalue weighted by Crippen LogP contribution is 2.20. The number of halogens is 2. The van der Waals surface area contributed by atoms with Crippen LogP contribution >= 0.6 is 23.2 Å². The first-order valence-corrected chi connectivity index (χ1v) is 7.80. The lowest BCUT2D eigenvalue weighted by molar-refractivity contribution is -0.116. The fourth-order valence-corrected chi connectivity index (χ4v) is 2.61. The molecule has 2 amide bonds. The van der Waals surface area contributed by atoms with Crippen molar-refractivity contribution in [3.8, 4) is 5.75 Å². The third-order valence-electron chi connectivity index (χ3n) is 3.19. The van der Waals surface area contributed by atoms with E-state index in [0.29, 0.717) is 27.0 Å². The Bertz CT molecular complexity index is 745. The van der Waals surface area contributed by atoms with Crippen molar-refractivity contribution < 1.29 is 14.3 Å². The molecular weight excluding hydrogens is 351 g/mol. The number of hydrogen-bond acceptors (Lipinski definition) is 3. The average Bonchev–Trinajstić information content (AvgIpc) is 2.53. The molecule has 0 aliphatic carbocycles. The van der Waals surface area contributed by atoms with E-state index >= 15 is 0 Å². The van der Waals surface area contributed by atoms with Crippen molar-refractivity contribution in [1.82, 2.24) is 4.90 Å². The molecule has 0 aromatic heterocycles. The molecule has 0 unspecified atom stereocenters. The molecule has 1 N–H and O–H groups in total. The molecule has 0 atom stereocenters. The molecule has 0 heterocycles. The molecule has 2 aromatic carbocycles. The van der Waals surface area contributed by atoms with Crippen molar-refractivity contribution in [1.29, 1.82) is 0 Å². The molecule has 0 radical (unpaired) electrons. The largest absolute Gasteiger partial charge is 0.497 e. The second-order valence-electron chi connectivity index (χ2n) is 5.10. The number of ether oxygens (including phenoxy) is 1. The van der Waals surface area contributed by atoms with Crippen LogP contribution in [0.4, 0.5) is 5.69 Å². The zero-order valence-electron chi connectivity index (χ0n) is 13.2. The van der Waals surface area contributed by atoms with Crippen LogP contribution in [-0.2, 0) is 4.79 Å². The Balaban J connectivity index is 2.01. The van der Waals surface area contributed by atoms with E-state index < -0.39 is 0 Å². The van der Waals surface area contributed by atoms with Crippen molar-refractivity contribution in [2.45, 2.75) is 0 Å². The van der Waals surface area contributed by atoms with Crippen LogP contribution < -0.4 is 10.1 Å². The molecule has 0 bridgehead atoms. The van der Waals surface area contributed by atoms with Crippen molar-refractivity contribution >= 4 is 40.7 Å². The highest BCUT2D eigenvalue weighted by Gasteiger charge is 2.16. The predicted molar refractivity (Wildman–Crippen MR) is 95.0 cm³/mol. The number of carbonyl (C=O) groups is 2. The number of carbonyl (C=O) groups excluding carboxylic acids is 2. The Labute approximate surface area is 150 Å². The van der Waals surface area contributed by atoms with Gasteiger partial charge in [-0.2, -0.15) is 0 Å². The predicted octanol–water partition coefficient (Wildman–Crippen LogP) is 3.71. The summed E-state index contributed by atoms with van der Waals surface area (Å²) in [5, 5.41) is 3.43. The molecule has 7 heteroatoms. The highest BCUT2D eigenvalue weighted by atomic mass is 35.5. The maximum Gasteiger partial charge on any atom is 0.254 e. The summed E-state index contributed by atoms with van der Waals surface area (Å²) in [7, 11) is 3.08. The van der Waals surface area contributed by atoms with Crippen LogP contribution in [-0.4, -0.2) is 37.4 Å². The van der Waals surface area contributed by atoms with Crippen molar-refractivity contribution in [2.75, 3.05) is 26.0 Å². The van der Waals surface area contributed by atoms with Crippen molar-refractivity contribution in [3.05, 3.63) is 58.1 Å². The number of hydrogen-bond donors (Lipinski definition) is 1. The van der Waals surface area contributed by atoms with E-state index in [9.17, 15) is 9.59 Å². The molecule has 0 saturated carbocycles. The summed E-state index contributed by atoms with van der Waals surface area (Å²) >= 11 is 11.8. The van der Waals surface area contributed by atoms with E-state index in [0.717, 1.165) is 0 Å². The van der Waals surface area contributed by atoms with E-state index in [4.69, 9.17) is 27.9 Å². The van der Waals surface area contributed by atoms with Crippen LogP contribution in [0.15, 0.2) is 42.5 Å². The molecule has 0 saturated heterocycles. The van der Waals surface area contributed by atoms with Gasteiger partial charge in [-0.1, -0.05) is 29.3 Å². The van der Waals surface area contributed by atoms with Crippen molar-refractivity contribution in [3.63, 3.8) is 0 Å². The third kappa shape index (κ3) is 4.88. The van der Waals surface area contributed by atoms with Crippen molar-refractivity contribution in [2.24, 2.45) is 0 Å². The maximum absolute atomic E-state index is 12.3. The van der Waals surface area contributed by atoms with Gasteiger partial charge in [-0.05, 0) is 30.3 Å². The lowest BCUT2D eigenvalue weighted by atomic mass is 10.2. The second kappa shape index (κ2) is 8.04. The first-order chi connectivity index (χ1) is 11.4. The number of methoxy groups -OCH3 is 1. The molecular formula is C17H16Cl2N2O3. The van der Waals surface area contributed by atoms with Crippen LogP contribution in [0.2, 0.25) is 10.0 Å². The number of nitrogens with zero attached hydrogens (tertiary/aromatic N) is 1. The minimum atomic E-state index is -0.347. The summed E-state index contributed by atoms with van der Waals surface area (Å²) in [5.41, 5.74) is 0.912. The van der Waals surface area contributed by atoms with Crippen LogP contribution in [0.5, 0.6) is 5.75 Å². The van der Waals surface area contributed by atoms with Crippen LogP contribution in [0.3, 0.4) is 0 Å². The van der Waals surface area contributed by atoms with Crippen LogP contribution in [0, 0.1) is 0 Å². The molecule has 0 fully saturated rings. The summed E-state index contributed by atoms with van der Waals surface area (Å²) < 4.78 is 5.10. The van der Waals surface area contributed by atoms with Gasteiger partial charge in [0.1, 0.15) is 5.75 Å². The minimum Gasteiger partial charge on any atom is -0.497 e. The van der Waals surface area contributed by atoms with Gasteiger partial charge in [-0.3, -0.25) is 9.59 Å². The van der Waals surface area contributed by atoms with Gasteiger partial charge in [-0.25, -0.2) is 0 Å². The monoisotopic (exact) mass is 366 g/mol. The maximum atomic E-state index is 12.3. The SMILES string of the molecule is COc1cccc(NC(=O)CN(C)C(=O)c2cc(Cl)cc(Cl)c2)c1. The second-order valence-corrected chi connectivity index (χ2v) is 5.97. The summed E-state index contributed by atoms with van der Waals surface area (Å²) in [6.45, 7) is -0.111. The number of amides is 2. The van der Waals surface area contributed by atoms with Gasteiger partial charge in [0.05, 0.1) is 13.7 Å². The van der Waals surface area contributed by atoms with E-state index in [1.807, 2.05) is 0 Å². The van der Waals surface area contributed by atoms with Gasteiger partial charge in [0, 0.05) is 34.4 Å². The zero-order valence-corrected chi connectivity index (χ0v) is 14.7. The molecule has 5 nitrogen and oxygen atoms in total. The molecule has 0 spiro atoms. The lowest BCUT2D eigenvalue weighted by Gasteiger charge is -2.17. The van der Waals surface area contributed by atoms with Crippen LogP contribution in [0.1, 0.15) is 10.4 Å². The fraction of sp³-hybridized carbons (Fsp3) is 0.176. The molecule has 0 aliphatic heterocycles. The lowest BCUT2D eigenvalue weighted by Crippen LogP contribution is -2.34. The van der Waals surface area contributed by atoms with Gasteiger partial charge in [0.25, 0.3) is 5.91 Å². The van der Waals surface area contributed by atoms with Gasteiger partial charge in [0.15, 0.2) is 0 Å². The topological polar surface area (TPSA) is 58.6 Å². The Kier molecular flexibility index (Phi) is 6.06. The fourth-order valence-electron chi connectivity index (χ4n) is 2.09. The number of likely N-dealkylation sites (N-methyl/N-ethyl adjacent to an activating group) is 1. The summed E-state index contributed by atoms with van der Waals surface area (Å²) in [5.74, 6) is -0.0433. The summed E-state index contributed by atoms with van der Waals surface area (Å²) in [6, 6.07) is 11.5. The molecule has 2 rings (SSSR count). The normalized spacial score (nSPS) is 10.2. The number of benzene rings is 2. The van der Waals surface area contributed by atoms with E-state index in [-0.39, 0.29) is 18.4 Å². The smallest absolute Gasteiger partial charge is 0.254 e. The quantitative estimate of drug-likeness (QED) is 0.877. The van der Waals surface area contributed by atoms with E-state index in [2.05, 4.69) is 5.32 Å². The van der Waals surface area contributed by atoms with Gasteiger partial charge < -0.3 is 15.0 Å². The molecule has 0 aliphatic rings. The standard InChI is InChI=1S/C17H16Cl2N2O3/c1-21(17(23)11-6-12(18)8-13(19)7-11)10-16(22)20-14-4-3-5-15(9-14)24-2/h3-9H,10H2,1-2H3,(H,20,22). The number of anilines is 1. The zero-order chi connectivity index (χ0) is 17.7. The molecule has 24 heavy (non-hydrogen) atoms. The number of nitrogens with one attached hydrogen (secondary N) is 1. The van der Waals surface area contributed by atoms with E-state index in [1.54, 1.807) is 31.4 Å².